The number of nitrogens with one attached hydrogen (secondary N) is 1. The van der Waals surface area contributed by atoms with Crippen molar-refractivity contribution in [3.05, 3.63) is 78.0 Å². The second kappa shape index (κ2) is 14.6. The van der Waals surface area contributed by atoms with Gasteiger partial charge in [-0.3, -0.25) is 9.59 Å². The van der Waals surface area contributed by atoms with Gasteiger partial charge >= 0.3 is 0 Å². The third kappa shape index (κ3) is 6.39. The van der Waals surface area contributed by atoms with Gasteiger partial charge in [-0.15, -0.1) is 0 Å². The van der Waals surface area contributed by atoms with Gasteiger partial charge in [0.15, 0.2) is 11.5 Å². The van der Waals surface area contributed by atoms with Crippen LogP contribution in [0.3, 0.4) is 0 Å². The molecule has 0 unspecified atom stereocenters. The number of pyridine rings is 1. The molecule has 1 saturated carbocycles. The van der Waals surface area contributed by atoms with E-state index in [9.17, 15) is 14.0 Å². The number of piperazine rings is 1. The molecule has 0 spiro atoms. The predicted octanol–water partition coefficient (Wildman–Crippen LogP) is 4.08. The molecule has 4 fully saturated rings. The number of benzene rings is 2. The van der Waals surface area contributed by atoms with Crippen molar-refractivity contribution in [3.63, 3.8) is 0 Å². The van der Waals surface area contributed by atoms with Crippen LogP contribution in [0.15, 0.2) is 54.7 Å². The second-order valence-corrected chi connectivity index (χ2v) is 16.9. The lowest BCUT2D eigenvalue weighted by Crippen LogP contribution is -2.68. The van der Waals surface area contributed by atoms with Gasteiger partial charge in [0.2, 0.25) is 17.8 Å². The van der Waals surface area contributed by atoms with Crippen molar-refractivity contribution in [1.82, 2.24) is 44.1 Å². The van der Waals surface area contributed by atoms with Crippen LogP contribution in [0.1, 0.15) is 25.1 Å². The molecule has 5 atom stereocenters. The average Bonchev–Trinajstić information content (AvgIpc) is 3.76. The monoisotopic (exact) mass is 848 g/mol. The Bertz CT molecular complexity index is 2800. The van der Waals surface area contributed by atoms with Gasteiger partial charge in [-0.2, -0.15) is 15.1 Å². The molecule has 4 aliphatic heterocycles. The molecule has 4 aromatic heterocycles. The summed E-state index contributed by atoms with van der Waals surface area (Å²) in [5.41, 5.74) is 2.49. The number of fused-ring (bicyclic) bond motifs is 8. The fourth-order valence-electron chi connectivity index (χ4n) is 9.75. The topological polar surface area (TPSA) is 152 Å². The summed E-state index contributed by atoms with van der Waals surface area (Å²) in [6.45, 7) is 3.55. The SMILES string of the molecule is CO[C@H]1CN(C)C(=O)[C@@H]2C[C@@H](CN2c2nc(N3[C@H]4COC[C@@H]3C(=O)N(C3CC3)C4)nc3c2cnn3-c2ccc(F)cc2F)Nc2cccc(n2)-c2cc(F)cc3nc(C)n(c23)C1. The van der Waals surface area contributed by atoms with E-state index in [2.05, 4.69) is 10.4 Å². The van der Waals surface area contributed by atoms with E-state index in [0.29, 0.717) is 71.3 Å². The second-order valence-electron chi connectivity index (χ2n) is 16.9. The number of morpholine rings is 1. The van der Waals surface area contributed by atoms with Crippen LogP contribution >= 0.6 is 0 Å². The molecule has 2 aromatic carbocycles. The van der Waals surface area contributed by atoms with E-state index in [4.69, 9.17) is 29.4 Å². The Morgan fingerprint density at radius 3 is 2.52 bits per heavy atom. The summed E-state index contributed by atoms with van der Waals surface area (Å²) in [5, 5.41) is 8.53. The number of hydrogen-bond acceptors (Lipinski definition) is 12. The van der Waals surface area contributed by atoms with Crippen LogP contribution in [0.4, 0.5) is 30.8 Å². The molecule has 62 heavy (non-hydrogen) atoms. The maximum absolute atomic E-state index is 15.5. The zero-order chi connectivity index (χ0) is 42.6. The highest BCUT2D eigenvalue weighted by Crippen LogP contribution is 2.39. The van der Waals surface area contributed by atoms with Crippen molar-refractivity contribution in [1.29, 1.82) is 0 Å². The summed E-state index contributed by atoms with van der Waals surface area (Å²) in [5.74, 6) is -0.560. The number of aromatic nitrogens is 7. The van der Waals surface area contributed by atoms with Crippen molar-refractivity contribution >= 4 is 51.5 Å². The first-order chi connectivity index (χ1) is 30.0. The minimum atomic E-state index is -0.845. The van der Waals surface area contributed by atoms with E-state index >= 15 is 8.78 Å². The number of hydrogen-bond donors (Lipinski definition) is 1. The highest BCUT2D eigenvalue weighted by atomic mass is 19.1. The van der Waals surface area contributed by atoms with E-state index in [1.807, 2.05) is 44.4 Å². The van der Waals surface area contributed by atoms with Gasteiger partial charge in [0.1, 0.15) is 46.9 Å². The minimum Gasteiger partial charge on any atom is -0.378 e. The number of ether oxygens (including phenoxy) is 2. The summed E-state index contributed by atoms with van der Waals surface area (Å²) in [4.78, 5) is 56.2. The number of anilines is 3. The lowest BCUT2D eigenvalue weighted by molar-refractivity contribution is -0.141. The van der Waals surface area contributed by atoms with Crippen LogP contribution in [0.5, 0.6) is 0 Å². The molecule has 11 rings (SSSR count). The maximum Gasteiger partial charge on any atom is 0.248 e. The number of carbonyl (C=O) groups excluding carboxylic acids is 2. The number of aryl methyl sites for hydroxylation is 1. The van der Waals surface area contributed by atoms with E-state index in [1.54, 1.807) is 19.1 Å². The molecule has 2 amide bonds. The Kier molecular flexibility index (Phi) is 9.11. The highest BCUT2D eigenvalue weighted by molar-refractivity contribution is 5.95. The summed E-state index contributed by atoms with van der Waals surface area (Å²) >= 11 is 0. The number of methoxy groups -OCH3 is 1. The van der Waals surface area contributed by atoms with Crippen LogP contribution in [0.25, 0.3) is 39.0 Å². The van der Waals surface area contributed by atoms with Gasteiger partial charge in [-0.1, -0.05) is 6.07 Å². The lowest BCUT2D eigenvalue weighted by Gasteiger charge is -2.49. The minimum absolute atomic E-state index is 0.0339. The maximum atomic E-state index is 15.5. The summed E-state index contributed by atoms with van der Waals surface area (Å²) in [6, 6.07) is 9.71. The first-order valence-corrected chi connectivity index (χ1v) is 20.9. The molecular formula is C43H43F3N12O4. The fourth-order valence-corrected chi connectivity index (χ4v) is 9.75. The first-order valence-electron chi connectivity index (χ1n) is 20.9. The summed E-state index contributed by atoms with van der Waals surface area (Å²) in [7, 11) is 3.33. The quantitative estimate of drug-likeness (QED) is 0.266. The van der Waals surface area contributed by atoms with E-state index in [0.717, 1.165) is 25.0 Å². The number of amides is 2. The summed E-state index contributed by atoms with van der Waals surface area (Å²) < 4.78 is 60.1. The van der Waals surface area contributed by atoms with Gasteiger partial charge in [0.25, 0.3) is 0 Å². The van der Waals surface area contributed by atoms with E-state index < -0.39 is 35.6 Å². The van der Waals surface area contributed by atoms with Crippen LogP contribution in [0.2, 0.25) is 0 Å². The fraction of sp³-hybridized carbons (Fsp3) is 0.419. The Balaban J connectivity index is 1.05. The predicted molar refractivity (Wildman–Crippen MR) is 221 cm³/mol. The third-order valence-corrected chi connectivity index (χ3v) is 12.8. The smallest absolute Gasteiger partial charge is 0.248 e. The molecule has 0 radical (unpaired) electrons. The van der Waals surface area contributed by atoms with Crippen LogP contribution < -0.4 is 15.1 Å². The Morgan fingerprint density at radius 2 is 1.71 bits per heavy atom. The average molecular weight is 849 g/mol. The Morgan fingerprint density at radius 1 is 0.855 bits per heavy atom. The highest BCUT2D eigenvalue weighted by Gasteiger charge is 2.50. The van der Waals surface area contributed by atoms with Crippen molar-refractivity contribution < 1.29 is 32.2 Å². The van der Waals surface area contributed by atoms with Gasteiger partial charge in [0, 0.05) is 63.6 Å². The molecule has 3 saturated heterocycles. The Labute approximate surface area is 353 Å². The number of imidazole rings is 1. The number of rotatable bonds is 5. The van der Waals surface area contributed by atoms with E-state index in [-0.39, 0.29) is 66.9 Å². The largest absolute Gasteiger partial charge is 0.378 e. The third-order valence-electron chi connectivity index (χ3n) is 12.8. The first kappa shape index (κ1) is 38.6. The van der Waals surface area contributed by atoms with E-state index in [1.165, 1.54) is 29.1 Å². The number of carbonyl (C=O) groups is 2. The van der Waals surface area contributed by atoms with Crippen molar-refractivity contribution in [2.24, 2.45) is 0 Å². The molecule has 6 bridgehead atoms. The van der Waals surface area contributed by atoms with Gasteiger partial charge in [0.05, 0.1) is 60.2 Å². The molecule has 19 heteroatoms. The molecule has 8 heterocycles. The number of likely N-dealkylation sites (N-methyl/N-ethyl adjacent to an activating group) is 1. The zero-order valence-corrected chi connectivity index (χ0v) is 34.2. The normalized spacial score (nSPS) is 24.2. The molecule has 6 aromatic rings. The van der Waals surface area contributed by atoms with Crippen LogP contribution in [-0.2, 0) is 25.6 Å². The van der Waals surface area contributed by atoms with Crippen molar-refractivity contribution in [3.8, 4) is 16.9 Å². The summed E-state index contributed by atoms with van der Waals surface area (Å²) in [6.07, 6.45) is 3.28. The molecular weight excluding hydrogens is 806 g/mol. The van der Waals surface area contributed by atoms with Gasteiger partial charge < -0.3 is 39.0 Å². The van der Waals surface area contributed by atoms with Crippen molar-refractivity contribution in [2.45, 2.75) is 69.0 Å². The molecule has 320 valence electrons. The molecule has 5 aliphatic rings. The van der Waals surface area contributed by atoms with Crippen LogP contribution in [-0.4, -0.2) is 139 Å². The Hall–Kier alpha value is -6.34. The van der Waals surface area contributed by atoms with Gasteiger partial charge in [-0.05, 0) is 56.5 Å². The van der Waals surface area contributed by atoms with Crippen LogP contribution in [0, 0.1) is 24.4 Å². The number of halogens is 3. The van der Waals surface area contributed by atoms with Gasteiger partial charge in [-0.25, -0.2) is 27.8 Å². The van der Waals surface area contributed by atoms with Crippen molar-refractivity contribution in [2.75, 3.05) is 62.1 Å². The molecule has 16 nitrogen and oxygen atoms in total. The lowest BCUT2D eigenvalue weighted by atomic mass is 10.0. The number of nitrogens with zero attached hydrogens (tertiary/aromatic N) is 11. The molecule has 1 aliphatic carbocycles. The zero-order valence-electron chi connectivity index (χ0n) is 34.2. The standard InChI is InChI=1S/C43H43F3N12O4/c1-22-48-33-13-24(45)11-29-32-5-4-6-37(50-32)49-25-14-35(41(59)53(2)18-28(61-3)19-54(22)38(29)33)56(16-25)39-30-15-47-58(34-10-7-23(44)12-31(34)46)40(30)52-43(51-39)57-27-17-55(26-8-9-26)42(60)36(57)21-62-20-27/h4-7,10-13,15,25-28,35-36H,8-9,14,16-21H2,1-3H3,(H,49,50)/t25-,27+,28-,35-,36+/m0/s1. The molecule has 1 N–H and O–H groups in total.